The van der Waals surface area contributed by atoms with Gasteiger partial charge in [-0.3, -0.25) is 9.59 Å². The Morgan fingerprint density at radius 3 is 2.63 bits per heavy atom. The molecule has 0 spiro atoms. The van der Waals surface area contributed by atoms with Crippen LogP contribution >= 0.6 is 0 Å². The van der Waals surface area contributed by atoms with Gasteiger partial charge in [0.15, 0.2) is 11.4 Å². The van der Waals surface area contributed by atoms with Crippen molar-refractivity contribution in [1.82, 2.24) is 0 Å². The summed E-state index contributed by atoms with van der Waals surface area (Å²) in [6.07, 6.45) is 3.71. The fourth-order valence-corrected chi connectivity index (χ4v) is 2.61. The normalized spacial score (nSPS) is 22.5. The third-order valence-electron chi connectivity index (χ3n) is 3.75. The third-order valence-corrected chi connectivity index (χ3v) is 3.75. The Bertz CT molecular complexity index is 452. The zero-order valence-electron chi connectivity index (χ0n) is 11.4. The van der Waals surface area contributed by atoms with Gasteiger partial charge in [0, 0.05) is 12.8 Å². The molecular weight excluding hydrogens is 240 g/mol. The van der Waals surface area contributed by atoms with E-state index in [0.717, 1.165) is 12.8 Å². The summed E-state index contributed by atoms with van der Waals surface area (Å²) >= 11 is 0. The van der Waals surface area contributed by atoms with Gasteiger partial charge in [-0.25, -0.2) is 0 Å². The monoisotopic (exact) mass is 260 g/mol. The van der Waals surface area contributed by atoms with Crippen LogP contribution in [-0.2, 0) is 20.7 Å². The lowest BCUT2D eigenvalue weighted by Gasteiger charge is -2.27. The van der Waals surface area contributed by atoms with Crippen LogP contribution in [0.3, 0.4) is 0 Å². The summed E-state index contributed by atoms with van der Waals surface area (Å²) in [5.41, 5.74) is 0.317. The number of esters is 1. The van der Waals surface area contributed by atoms with Crippen molar-refractivity contribution >= 4 is 11.8 Å². The number of Topliss-reactive ketones (excluding diaryl/α,β-unsaturated/α-hetero) is 1. The van der Waals surface area contributed by atoms with Crippen LogP contribution in [0.25, 0.3) is 0 Å². The molecule has 1 aliphatic carbocycles. The molecule has 0 aromatic heterocycles. The van der Waals surface area contributed by atoms with Crippen LogP contribution in [-0.4, -0.2) is 17.4 Å². The van der Waals surface area contributed by atoms with E-state index in [2.05, 4.69) is 0 Å². The molecule has 2 rings (SSSR count). The van der Waals surface area contributed by atoms with Crippen LogP contribution in [0, 0.1) is 0 Å². The molecule has 0 radical (unpaired) electrons. The van der Waals surface area contributed by atoms with Crippen LogP contribution in [0.5, 0.6) is 0 Å². The minimum absolute atomic E-state index is 0.0882. The lowest BCUT2D eigenvalue weighted by atomic mass is 9.92. The van der Waals surface area contributed by atoms with Crippen LogP contribution < -0.4 is 0 Å². The van der Waals surface area contributed by atoms with Crippen LogP contribution in [0.4, 0.5) is 0 Å². The van der Waals surface area contributed by atoms with E-state index < -0.39 is 5.60 Å². The molecule has 0 amide bonds. The van der Waals surface area contributed by atoms with Crippen LogP contribution in [0.15, 0.2) is 30.3 Å². The highest BCUT2D eigenvalue weighted by Gasteiger charge is 2.44. The van der Waals surface area contributed by atoms with Gasteiger partial charge >= 0.3 is 5.97 Å². The van der Waals surface area contributed by atoms with E-state index in [1.807, 2.05) is 30.3 Å². The number of carbonyl (C=O) groups is 2. The summed E-state index contributed by atoms with van der Waals surface area (Å²) in [6.45, 7) is 1.76. The van der Waals surface area contributed by atoms with Crippen molar-refractivity contribution in [3.63, 3.8) is 0 Å². The predicted octanol–water partition coefficient (Wildman–Crippen LogP) is 3.06. The maximum Gasteiger partial charge on any atom is 0.306 e. The van der Waals surface area contributed by atoms with E-state index in [1.165, 1.54) is 5.56 Å². The predicted molar refractivity (Wildman–Crippen MR) is 72.7 cm³/mol. The van der Waals surface area contributed by atoms with Crippen molar-refractivity contribution in [2.24, 2.45) is 0 Å². The molecule has 3 nitrogen and oxygen atoms in total. The van der Waals surface area contributed by atoms with Crippen molar-refractivity contribution in [3.8, 4) is 0 Å². The zero-order valence-corrected chi connectivity index (χ0v) is 11.4. The van der Waals surface area contributed by atoms with Crippen molar-refractivity contribution in [3.05, 3.63) is 35.9 Å². The lowest BCUT2D eigenvalue weighted by Crippen LogP contribution is -2.39. The second kappa shape index (κ2) is 6.00. The Labute approximate surface area is 114 Å². The van der Waals surface area contributed by atoms with Crippen LogP contribution in [0.1, 0.15) is 44.6 Å². The molecule has 0 heterocycles. The van der Waals surface area contributed by atoms with Gasteiger partial charge in [0.2, 0.25) is 0 Å². The number of ketones is 1. The Morgan fingerprint density at radius 1 is 1.32 bits per heavy atom. The Hall–Kier alpha value is -1.64. The van der Waals surface area contributed by atoms with Gasteiger partial charge in [-0.15, -0.1) is 0 Å². The molecule has 0 bridgehead atoms. The Balaban J connectivity index is 2.06. The van der Waals surface area contributed by atoms with Crippen molar-refractivity contribution in [1.29, 1.82) is 0 Å². The van der Waals surface area contributed by atoms with E-state index in [4.69, 9.17) is 4.74 Å². The van der Waals surface area contributed by atoms with Gasteiger partial charge in [-0.1, -0.05) is 37.3 Å². The summed E-state index contributed by atoms with van der Waals surface area (Å²) < 4.78 is 5.49. The third kappa shape index (κ3) is 3.22. The second-order valence-corrected chi connectivity index (χ2v) is 5.08. The molecular formula is C16H20O3. The minimum Gasteiger partial charge on any atom is -0.451 e. The first-order chi connectivity index (χ1) is 9.16. The van der Waals surface area contributed by atoms with Gasteiger partial charge in [-0.2, -0.15) is 0 Å². The van der Waals surface area contributed by atoms with E-state index in [0.29, 0.717) is 25.7 Å². The molecule has 1 aromatic carbocycles. The summed E-state index contributed by atoms with van der Waals surface area (Å²) in [5, 5.41) is 0. The zero-order chi connectivity index (χ0) is 13.7. The van der Waals surface area contributed by atoms with E-state index in [9.17, 15) is 9.59 Å². The summed E-state index contributed by atoms with van der Waals surface area (Å²) in [4.78, 5) is 23.6. The lowest BCUT2D eigenvalue weighted by molar-refractivity contribution is -0.166. The number of aryl methyl sites for hydroxylation is 1. The molecule has 0 saturated heterocycles. The highest BCUT2D eigenvalue weighted by Crippen LogP contribution is 2.34. The molecule has 0 aliphatic heterocycles. The Morgan fingerprint density at radius 2 is 2.05 bits per heavy atom. The first kappa shape index (κ1) is 13.8. The topological polar surface area (TPSA) is 43.4 Å². The number of rotatable bonds is 5. The highest BCUT2D eigenvalue weighted by atomic mass is 16.6. The van der Waals surface area contributed by atoms with E-state index in [1.54, 1.807) is 6.92 Å². The molecule has 1 atom stereocenters. The Kier molecular flexibility index (Phi) is 4.35. The van der Waals surface area contributed by atoms with Crippen molar-refractivity contribution < 1.29 is 14.3 Å². The molecule has 0 N–H and O–H groups in total. The SMILES string of the molecule is CCC(=O)OC1(CCc2ccccc2)CCCC1=O. The number of hydrogen-bond donors (Lipinski definition) is 0. The average molecular weight is 260 g/mol. The first-order valence-electron chi connectivity index (χ1n) is 6.95. The van der Waals surface area contributed by atoms with Crippen molar-refractivity contribution in [2.45, 2.75) is 51.0 Å². The maximum atomic E-state index is 12.1. The second-order valence-electron chi connectivity index (χ2n) is 5.08. The number of benzene rings is 1. The van der Waals surface area contributed by atoms with Gasteiger partial charge in [0.25, 0.3) is 0 Å². The summed E-state index contributed by atoms with van der Waals surface area (Å²) in [7, 11) is 0. The largest absolute Gasteiger partial charge is 0.451 e. The molecule has 1 aliphatic rings. The quantitative estimate of drug-likeness (QED) is 0.764. The molecule has 19 heavy (non-hydrogen) atoms. The molecule has 1 fully saturated rings. The first-order valence-corrected chi connectivity index (χ1v) is 6.95. The fourth-order valence-electron chi connectivity index (χ4n) is 2.61. The van der Waals surface area contributed by atoms with Gasteiger partial charge < -0.3 is 4.74 Å². The van der Waals surface area contributed by atoms with E-state index >= 15 is 0 Å². The van der Waals surface area contributed by atoms with Crippen molar-refractivity contribution in [2.75, 3.05) is 0 Å². The van der Waals surface area contributed by atoms with Crippen LogP contribution in [0.2, 0.25) is 0 Å². The summed E-state index contributed by atoms with van der Waals surface area (Å²) in [6, 6.07) is 10.0. The smallest absolute Gasteiger partial charge is 0.306 e. The standard InChI is InChI=1S/C16H20O3/c1-2-15(18)19-16(11-6-9-14(16)17)12-10-13-7-4-3-5-8-13/h3-5,7-8H,2,6,9-12H2,1H3. The van der Waals surface area contributed by atoms with Gasteiger partial charge in [-0.05, 0) is 31.2 Å². The molecule has 1 unspecified atom stereocenters. The number of hydrogen-bond acceptors (Lipinski definition) is 3. The molecule has 1 aromatic rings. The number of carbonyl (C=O) groups excluding carboxylic acids is 2. The van der Waals surface area contributed by atoms with E-state index in [-0.39, 0.29) is 11.8 Å². The summed E-state index contributed by atoms with van der Waals surface area (Å²) in [5.74, 6) is -0.187. The average Bonchev–Trinajstić information content (AvgIpc) is 2.79. The number of ether oxygens (including phenoxy) is 1. The molecule has 1 saturated carbocycles. The van der Waals surface area contributed by atoms with Gasteiger partial charge in [0.1, 0.15) is 0 Å². The fraction of sp³-hybridized carbons (Fsp3) is 0.500. The molecule has 3 heteroatoms. The highest BCUT2D eigenvalue weighted by molar-refractivity contribution is 5.91. The van der Waals surface area contributed by atoms with Gasteiger partial charge in [0.05, 0.1) is 0 Å². The maximum absolute atomic E-state index is 12.1. The molecule has 102 valence electrons. The minimum atomic E-state index is -0.858.